The highest BCUT2D eigenvalue weighted by Crippen LogP contribution is 2.07. The summed E-state index contributed by atoms with van der Waals surface area (Å²) < 4.78 is 0. The molecule has 4 N–H and O–H groups in total. The third-order valence-corrected chi connectivity index (χ3v) is 1.25. The monoisotopic (exact) mass is 163 g/mol. The molecule has 0 fully saturated rings. The van der Waals surface area contributed by atoms with Gasteiger partial charge in [-0.3, -0.25) is 5.41 Å². The molecule has 0 heterocycles. The van der Waals surface area contributed by atoms with Gasteiger partial charge in [0.05, 0.1) is 0 Å². The summed E-state index contributed by atoms with van der Waals surface area (Å²) in [6.45, 7) is 0. The van der Waals surface area contributed by atoms with Crippen molar-refractivity contribution in [2.75, 3.05) is 0 Å². The van der Waals surface area contributed by atoms with Gasteiger partial charge in [0.1, 0.15) is 5.75 Å². The van der Waals surface area contributed by atoms with Crippen LogP contribution in [0.2, 0.25) is 0 Å². The predicted octanol–water partition coefficient (Wildman–Crippen LogP) is 0.705. The SMILES string of the molecule is N=C(N)/N=C/c1ccc(O)cc1. The van der Waals surface area contributed by atoms with E-state index in [1.807, 2.05) is 0 Å². The van der Waals surface area contributed by atoms with E-state index in [0.717, 1.165) is 5.56 Å². The van der Waals surface area contributed by atoms with E-state index in [-0.39, 0.29) is 11.7 Å². The van der Waals surface area contributed by atoms with E-state index in [0.29, 0.717) is 0 Å². The lowest BCUT2D eigenvalue weighted by Crippen LogP contribution is -2.05. The molecular formula is C8H9N3O. The third kappa shape index (κ3) is 2.42. The van der Waals surface area contributed by atoms with Gasteiger partial charge in [0.15, 0.2) is 0 Å². The summed E-state index contributed by atoms with van der Waals surface area (Å²) in [5.41, 5.74) is 5.80. The van der Waals surface area contributed by atoms with E-state index in [9.17, 15) is 0 Å². The topological polar surface area (TPSA) is 82.5 Å². The molecule has 12 heavy (non-hydrogen) atoms. The summed E-state index contributed by atoms with van der Waals surface area (Å²) in [7, 11) is 0. The molecule has 0 aromatic heterocycles. The van der Waals surface area contributed by atoms with E-state index >= 15 is 0 Å². The Hall–Kier alpha value is -1.84. The molecule has 4 nitrogen and oxygen atoms in total. The van der Waals surface area contributed by atoms with Crippen molar-refractivity contribution in [3.63, 3.8) is 0 Å². The normalized spacial score (nSPS) is 10.3. The van der Waals surface area contributed by atoms with Crippen LogP contribution in [0.25, 0.3) is 0 Å². The molecule has 1 aromatic rings. The molecule has 1 rings (SSSR count). The second kappa shape index (κ2) is 3.52. The molecule has 0 unspecified atom stereocenters. The van der Waals surface area contributed by atoms with Gasteiger partial charge < -0.3 is 10.8 Å². The predicted molar refractivity (Wildman–Crippen MR) is 47.6 cm³/mol. The zero-order valence-electron chi connectivity index (χ0n) is 6.36. The second-order valence-electron chi connectivity index (χ2n) is 2.23. The van der Waals surface area contributed by atoms with Crippen molar-refractivity contribution >= 4 is 12.2 Å². The first-order valence-corrected chi connectivity index (χ1v) is 3.35. The number of phenolic OH excluding ortho intramolecular Hbond substituents is 1. The Labute approximate surface area is 69.9 Å². The van der Waals surface area contributed by atoms with E-state index in [2.05, 4.69) is 4.99 Å². The molecular weight excluding hydrogens is 154 g/mol. The van der Waals surface area contributed by atoms with Crippen molar-refractivity contribution in [2.45, 2.75) is 0 Å². The molecule has 0 saturated heterocycles. The number of aromatic hydroxyl groups is 1. The zero-order chi connectivity index (χ0) is 8.97. The number of benzene rings is 1. The minimum atomic E-state index is -0.233. The number of guanidine groups is 1. The van der Waals surface area contributed by atoms with E-state index < -0.39 is 0 Å². The van der Waals surface area contributed by atoms with Crippen LogP contribution in [0.4, 0.5) is 0 Å². The van der Waals surface area contributed by atoms with Crippen molar-refractivity contribution in [3.05, 3.63) is 29.8 Å². The van der Waals surface area contributed by atoms with Crippen LogP contribution in [0.1, 0.15) is 5.56 Å². The number of phenols is 1. The number of nitrogens with two attached hydrogens (primary N) is 1. The van der Waals surface area contributed by atoms with Gasteiger partial charge >= 0.3 is 0 Å². The van der Waals surface area contributed by atoms with E-state index in [1.54, 1.807) is 24.3 Å². The van der Waals surface area contributed by atoms with Gasteiger partial charge in [-0.05, 0) is 29.8 Å². The van der Waals surface area contributed by atoms with Gasteiger partial charge in [-0.25, -0.2) is 4.99 Å². The molecule has 4 heteroatoms. The summed E-state index contributed by atoms with van der Waals surface area (Å²) in [5.74, 6) is -0.0296. The Kier molecular flexibility index (Phi) is 2.42. The van der Waals surface area contributed by atoms with Crippen LogP contribution < -0.4 is 5.73 Å². The maximum absolute atomic E-state index is 8.92. The van der Waals surface area contributed by atoms with Crippen molar-refractivity contribution < 1.29 is 5.11 Å². The number of rotatable bonds is 1. The summed E-state index contributed by atoms with van der Waals surface area (Å²) in [5, 5.41) is 15.7. The molecule has 0 aliphatic heterocycles. The lowest BCUT2D eigenvalue weighted by atomic mass is 10.2. The van der Waals surface area contributed by atoms with Crippen LogP contribution in [0.3, 0.4) is 0 Å². The number of aliphatic imine (C=N–C) groups is 1. The van der Waals surface area contributed by atoms with Crippen LogP contribution in [-0.2, 0) is 0 Å². The van der Waals surface area contributed by atoms with Gasteiger partial charge in [-0.1, -0.05) is 0 Å². The van der Waals surface area contributed by atoms with Crippen molar-refractivity contribution in [1.29, 1.82) is 5.41 Å². The fourth-order valence-corrected chi connectivity index (χ4v) is 0.704. The Morgan fingerprint density at radius 1 is 1.42 bits per heavy atom. The van der Waals surface area contributed by atoms with Crippen LogP contribution in [0, 0.1) is 5.41 Å². The number of nitrogens with one attached hydrogen (secondary N) is 1. The minimum absolute atomic E-state index is 0.204. The summed E-state index contributed by atoms with van der Waals surface area (Å²) in [4.78, 5) is 3.58. The fourth-order valence-electron chi connectivity index (χ4n) is 0.704. The Morgan fingerprint density at radius 3 is 2.50 bits per heavy atom. The average molecular weight is 163 g/mol. The Balaban J connectivity index is 2.77. The molecule has 0 atom stereocenters. The van der Waals surface area contributed by atoms with Gasteiger partial charge in [-0.15, -0.1) is 0 Å². The largest absolute Gasteiger partial charge is 0.508 e. The fraction of sp³-hybridized carbons (Fsp3) is 0. The summed E-state index contributed by atoms with van der Waals surface area (Å²) in [6.07, 6.45) is 1.46. The summed E-state index contributed by atoms with van der Waals surface area (Å²) >= 11 is 0. The number of hydrogen-bond acceptors (Lipinski definition) is 2. The van der Waals surface area contributed by atoms with Crippen LogP contribution in [-0.4, -0.2) is 17.3 Å². The first-order valence-electron chi connectivity index (χ1n) is 3.35. The van der Waals surface area contributed by atoms with Crippen molar-refractivity contribution in [1.82, 2.24) is 0 Å². The standard InChI is InChI=1S/C8H9N3O/c9-8(10)11-5-6-1-3-7(12)4-2-6/h1-5,12H,(H3,9,10)/b11-5+. The molecule has 0 saturated carbocycles. The molecule has 0 bridgehead atoms. The Morgan fingerprint density at radius 2 is 2.00 bits per heavy atom. The minimum Gasteiger partial charge on any atom is -0.508 e. The quantitative estimate of drug-likeness (QED) is 0.420. The van der Waals surface area contributed by atoms with Crippen LogP contribution in [0.15, 0.2) is 29.3 Å². The summed E-state index contributed by atoms with van der Waals surface area (Å²) in [6, 6.07) is 6.45. The van der Waals surface area contributed by atoms with Gasteiger partial charge in [0, 0.05) is 6.21 Å². The Bertz CT molecular complexity index is 303. The zero-order valence-corrected chi connectivity index (χ0v) is 6.36. The molecule has 0 aliphatic carbocycles. The molecule has 62 valence electrons. The van der Waals surface area contributed by atoms with Crippen molar-refractivity contribution in [3.8, 4) is 5.75 Å². The van der Waals surface area contributed by atoms with Crippen LogP contribution in [0.5, 0.6) is 5.75 Å². The maximum atomic E-state index is 8.92. The van der Waals surface area contributed by atoms with Gasteiger partial charge in [0.2, 0.25) is 5.96 Å². The first kappa shape index (κ1) is 8.26. The number of nitrogens with zero attached hydrogens (tertiary/aromatic N) is 1. The molecule has 0 amide bonds. The maximum Gasteiger partial charge on any atom is 0.212 e. The highest BCUT2D eigenvalue weighted by Gasteiger charge is 1.88. The molecule has 0 radical (unpaired) electrons. The molecule has 1 aromatic carbocycles. The molecule has 0 aliphatic rings. The lowest BCUT2D eigenvalue weighted by molar-refractivity contribution is 0.475. The van der Waals surface area contributed by atoms with Gasteiger partial charge in [0.25, 0.3) is 0 Å². The van der Waals surface area contributed by atoms with Crippen molar-refractivity contribution in [2.24, 2.45) is 10.7 Å². The second-order valence-corrected chi connectivity index (χ2v) is 2.23. The highest BCUT2D eigenvalue weighted by molar-refractivity contribution is 5.91. The van der Waals surface area contributed by atoms with Crippen LogP contribution >= 0.6 is 0 Å². The highest BCUT2D eigenvalue weighted by atomic mass is 16.3. The third-order valence-electron chi connectivity index (χ3n) is 1.25. The smallest absolute Gasteiger partial charge is 0.212 e. The first-order chi connectivity index (χ1) is 5.68. The van der Waals surface area contributed by atoms with Gasteiger partial charge in [-0.2, -0.15) is 0 Å². The van der Waals surface area contributed by atoms with E-state index in [4.69, 9.17) is 16.2 Å². The number of hydrogen-bond donors (Lipinski definition) is 3. The average Bonchev–Trinajstić information content (AvgIpc) is 2.03. The lowest BCUT2D eigenvalue weighted by Gasteiger charge is -1.92. The molecule has 0 spiro atoms. The van der Waals surface area contributed by atoms with E-state index in [1.165, 1.54) is 6.21 Å².